The number of benzene rings is 1. The number of sulfone groups is 1. The summed E-state index contributed by atoms with van der Waals surface area (Å²) < 4.78 is 41.4. The lowest BCUT2D eigenvalue weighted by Crippen LogP contribution is -2.48. The number of terminal acetylenes is 1. The van der Waals surface area contributed by atoms with Crippen molar-refractivity contribution in [3.63, 3.8) is 0 Å². The summed E-state index contributed by atoms with van der Waals surface area (Å²) in [6.07, 6.45) is 8.65. The van der Waals surface area contributed by atoms with Crippen LogP contribution in [0.3, 0.4) is 0 Å². The molecule has 2 heterocycles. The number of likely N-dealkylation sites (tertiary alicyclic amines) is 1. The molecule has 1 saturated heterocycles. The minimum atomic E-state index is -4.25. The number of anilines is 1. The van der Waals surface area contributed by atoms with Gasteiger partial charge in [0.1, 0.15) is 0 Å². The Morgan fingerprint density at radius 1 is 1.31 bits per heavy atom. The van der Waals surface area contributed by atoms with Gasteiger partial charge in [-0.25, -0.2) is 17.6 Å². The number of halogens is 1. The highest BCUT2D eigenvalue weighted by Crippen LogP contribution is 2.39. The second kappa shape index (κ2) is 8.17. The Balaban J connectivity index is 1.69. The van der Waals surface area contributed by atoms with E-state index in [0.717, 1.165) is 6.92 Å². The number of carbonyl (C=O) groups excluding carboxylic acids is 1. The summed E-state index contributed by atoms with van der Waals surface area (Å²) in [6, 6.07) is 7.00. The van der Waals surface area contributed by atoms with Crippen LogP contribution >= 0.6 is 0 Å². The zero-order valence-corrected chi connectivity index (χ0v) is 16.7. The van der Waals surface area contributed by atoms with Gasteiger partial charge in [-0.05, 0) is 44.0 Å². The monoisotopic (exact) mass is 416 g/mol. The van der Waals surface area contributed by atoms with Crippen LogP contribution < -0.4 is 5.32 Å². The molecule has 1 aliphatic heterocycles. The third-order valence-electron chi connectivity index (χ3n) is 5.18. The van der Waals surface area contributed by atoms with Crippen LogP contribution in [0.15, 0.2) is 47.6 Å². The van der Waals surface area contributed by atoms with Gasteiger partial charge in [0.05, 0.1) is 23.0 Å². The smallest absolute Gasteiger partial charge is 0.321 e. The van der Waals surface area contributed by atoms with Gasteiger partial charge >= 0.3 is 6.03 Å². The summed E-state index contributed by atoms with van der Waals surface area (Å²) in [7, 11) is -4.25. The average molecular weight is 416 g/mol. The van der Waals surface area contributed by atoms with Crippen molar-refractivity contribution >= 4 is 21.6 Å². The number of nitrogens with one attached hydrogen (secondary N) is 1. The summed E-state index contributed by atoms with van der Waals surface area (Å²) in [5.74, 6) is 1.62. The molecule has 2 aromatic rings. The second-order valence-electron chi connectivity index (χ2n) is 6.98. The van der Waals surface area contributed by atoms with E-state index >= 15 is 4.39 Å². The molecule has 0 saturated carbocycles. The molecule has 152 valence electrons. The molecule has 29 heavy (non-hydrogen) atoms. The Bertz CT molecular complexity index is 1030. The predicted octanol–water partition coefficient (Wildman–Crippen LogP) is 2.86. The predicted molar refractivity (Wildman–Crippen MR) is 106 cm³/mol. The maximum absolute atomic E-state index is 15.6. The van der Waals surface area contributed by atoms with Gasteiger partial charge in [-0.2, -0.15) is 10.2 Å². The Morgan fingerprint density at radius 3 is 2.66 bits per heavy atom. The molecule has 0 bridgehead atoms. The van der Waals surface area contributed by atoms with Gasteiger partial charge in [0.25, 0.3) is 0 Å². The molecule has 7 nitrogen and oxygen atoms in total. The van der Waals surface area contributed by atoms with E-state index < -0.39 is 20.8 Å². The minimum Gasteiger partial charge on any atom is -0.325 e. The normalized spacial score (nSPS) is 17.2. The van der Waals surface area contributed by atoms with E-state index in [4.69, 9.17) is 6.42 Å². The van der Waals surface area contributed by atoms with Crippen LogP contribution in [0.2, 0.25) is 0 Å². The lowest BCUT2D eigenvalue weighted by Gasteiger charge is -2.37. The van der Waals surface area contributed by atoms with Crippen molar-refractivity contribution in [3.8, 4) is 12.3 Å². The molecule has 9 heteroatoms. The van der Waals surface area contributed by atoms with Gasteiger partial charge in [0.2, 0.25) is 14.8 Å². The van der Waals surface area contributed by atoms with Crippen LogP contribution in [0.1, 0.15) is 25.3 Å². The average Bonchev–Trinajstić information content (AvgIpc) is 2.74. The number of piperidine rings is 1. The van der Waals surface area contributed by atoms with E-state index in [1.807, 2.05) is 0 Å². The Labute approximate surface area is 169 Å². The zero-order valence-electron chi connectivity index (χ0n) is 15.9. The lowest BCUT2D eigenvalue weighted by molar-refractivity contribution is 0.117. The number of hydrogen-bond donors (Lipinski definition) is 1. The molecule has 1 N–H and O–H groups in total. The molecule has 1 aromatic heterocycles. The Morgan fingerprint density at radius 2 is 2.03 bits per heavy atom. The number of aromatic nitrogens is 2. The van der Waals surface area contributed by atoms with Crippen molar-refractivity contribution in [1.29, 1.82) is 0 Å². The summed E-state index contributed by atoms with van der Waals surface area (Å²) >= 11 is 0. The SMILES string of the molecule is C#Cc1cccc(S(=O)(=O)C(C)(F)C2CCN(C(=O)Nc3ccnnc3)CC2)c1. The van der Waals surface area contributed by atoms with Crippen LogP contribution in [0.25, 0.3) is 0 Å². The summed E-state index contributed by atoms with van der Waals surface area (Å²) in [4.78, 5) is 13.7. The number of amides is 2. The maximum atomic E-state index is 15.6. The van der Waals surface area contributed by atoms with Crippen LogP contribution in [-0.2, 0) is 9.84 Å². The summed E-state index contributed by atoms with van der Waals surface area (Å²) in [5.41, 5.74) is 0.873. The first-order chi connectivity index (χ1) is 13.8. The topological polar surface area (TPSA) is 92.3 Å². The first-order valence-corrected chi connectivity index (χ1v) is 10.6. The second-order valence-corrected chi connectivity index (χ2v) is 9.26. The lowest BCUT2D eigenvalue weighted by atomic mass is 9.92. The fourth-order valence-corrected chi connectivity index (χ4v) is 5.04. The van der Waals surface area contributed by atoms with E-state index in [2.05, 4.69) is 21.4 Å². The molecule has 3 rings (SSSR count). The van der Waals surface area contributed by atoms with E-state index in [9.17, 15) is 13.2 Å². The van der Waals surface area contributed by atoms with E-state index in [1.165, 1.54) is 35.5 Å². The van der Waals surface area contributed by atoms with Crippen LogP contribution in [-0.4, -0.2) is 47.6 Å². The first-order valence-electron chi connectivity index (χ1n) is 9.08. The molecule has 0 radical (unpaired) electrons. The molecule has 1 atom stereocenters. The number of alkyl halides is 1. The van der Waals surface area contributed by atoms with Crippen molar-refractivity contribution in [2.24, 2.45) is 5.92 Å². The Kier molecular flexibility index (Phi) is 5.84. The fraction of sp³-hybridized carbons (Fsp3) is 0.350. The Hall–Kier alpha value is -2.99. The first kappa shape index (κ1) is 20.7. The molecular weight excluding hydrogens is 395 g/mol. The number of urea groups is 1. The molecule has 2 amide bonds. The molecule has 0 spiro atoms. The van der Waals surface area contributed by atoms with E-state index in [-0.39, 0.29) is 36.9 Å². The molecule has 1 aliphatic rings. The number of hydrogen-bond acceptors (Lipinski definition) is 5. The molecule has 1 unspecified atom stereocenters. The van der Waals surface area contributed by atoms with Gasteiger partial charge < -0.3 is 10.2 Å². The van der Waals surface area contributed by atoms with Crippen molar-refractivity contribution in [2.75, 3.05) is 18.4 Å². The summed E-state index contributed by atoms with van der Waals surface area (Å²) in [5, 5.41) is 7.53. The largest absolute Gasteiger partial charge is 0.325 e. The summed E-state index contributed by atoms with van der Waals surface area (Å²) in [6.45, 7) is 1.58. The highest BCUT2D eigenvalue weighted by molar-refractivity contribution is 7.92. The van der Waals surface area contributed by atoms with Crippen LogP contribution in [0, 0.1) is 18.3 Å². The number of rotatable bonds is 4. The van der Waals surface area contributed by atoms with Gasteiger partial charge in [0.15, 0.2) is 0 Å². The standard InChI is InChI=1S/C20H21FN4O3S/c1-3-15-5-4-6-18(13-15)29(27,28)20(2,21)16-8-11-25(12-9-16)19(26)24-17-7-10-22-23-14-17/h1,4-7,10,13-14,16H,8-9,11-12H2,2H3,(H,22,24,26). The number of carbonyl (C=O) groups is 1. The molecular formula is C20H21FN4O3S. The zero-order chi connectivity index (χ0) is 21.1. The van der Waals surface area contributed by atoms with Gasteiger partial charge in [-0.15, -0.1) is 6.42 Å². The molecule has 1 aromatic carbocycles. The van der Waals surface area contributed by atoms with Crippen LogP contribution in [0.4, 0.5) is 14.9 Å². The quantitative estimate of drug-likeness (QED) is 0.774. The minimum absolute atomic E-state index is 0.136. The van der Waals surface area contributed by atoms with Crippen LogP contribution in [0.5, 0.6) is 0 Å². The van der Waals surface area contributed by atoms with E-state index in [0.29, 0.717) is 11.3 Å². The van der Waals surface area contributed by atoms with Crippen molar-refractivity contribution < 1.29 is 17.6 Å². The number of nitrogens with zero attached hydrogens (tertiary/aromatic N) is 3. The molecule has 0 aliphatic carbocycles. The van der Waals surface area contributed by atoms with Crippen molar-refractivity contribution in [1.82, 2.24) is 15.1 Å². The van der Waals surface area contributed by atoms with Crippen molar-refractivity contribution in [2.45, 2.75) is 29.7 Å². The highest BCUT2D eigenvalue weighted by Gasteiger charge is 2.48. The highest BCUT2D eigenvalue weighted by atomic mass is 32.2. The third kappa shape index (κ3) is 4.22. The van der Waals surface area contributed by atoms with Gasteiger partial charge in [0, 0.05) is 24.6 Å². The third-order valence-corrected chi connectivity index (χ3v) is 7.44. The fourth-order valence-electron chi connectivity index (χ4n) is 3.37. The van der Waals surface area contributed by atoms with Gasteiger partial charge in [-0.3, -0.25) is 0 Å². The molecule has 1 fully saturated rings. The van der Waals surface area contributed by atoms with E-state index in [1.54, 1.807) is 12.1 Å². The maximum Gasteiger partial charge on any atom is 0.321 e. The van der Waals surface area contributed by atoms with Crippen molar-refractivity contribution in [3.05, 3.63) is 48.3 Å². The van der Waals surface area contributed by atoms with Gasteiger partial charge in [-0.1, -0.05) is 12.0 Å².